The first-order valence-electron chi connectivity index (χ1n) is 7.55. The maximum atomic E-state index is 10.9. The summed E-state index contributed by atoms with van der Waals surface area (Å²) in [7, 11) is 0. The molecule has 2 aromatic rings. The molecular weight excluding hydrogens is 332 g/mol. The molecule has 6 heteroatoms. The number of hydrogen-bond donors (Lipinski definition) is 1. The molecule has 0 aliphatic carbocycles. The van der Waals surface area contributed by atoms with Crippen molar-refractivity contribution in [3.8, 4) is 10.4 Å². The van der Waals surface area contributed by atoms with Crippen LogP contribution in [0, 0.1) is 17.0 Å². The molecule has 3 rings (SSSR count). The van der Waals surface area contributed by atoms with Gasteiger partial charge in [-0.1, -0.05) is 29.9 Å². The number of aryl methyl sites for hydroxylation is 1. The van der Waals surface area contributed by atoms with Gasteiger partial charge in [0.1, 0.15) is 0 Å². The van der Waals surface area contributed by atoms with Gasteiger partial charge < -0.3 is 5.32 Å². The summed E-state index contributed by atoms with van der Waals surface area (Å²) in [5.41, 5.74) is 4.26. The Hall–Kier alpha value is -1.59. The van der Waals surface area contributed by atoms with Gasteiger partial charge >= 0.3 is 5.00 Å². The van der Waals surface area contributed by atoms with Crippen LogP contribution in [-0.2, 0) is 0 Å². The molecule has 0 fully saturated rings. The molecule has 23 heavy (non-hydrogen) atoms. The SMILES string of the molecule is Cc1cc(-c2ccc([N+](=O)[O-])s2)c(Cl)c2c1NC(C)(C)CC2C. The summed E-state index contributed by atoms with van der Waals surface area (Å²) < 4.78 is 0. The molecule has 1 atom stereocenters. The van der Waals surface area contributed by atoms with Gasteiger partial charge in [0.25, 0.3) is 0 Å². The third-order valence-corrected chi connectivity index (χ3v) is 5.78. The van der Waals surface area contributed by atoms with Crippen LogP contribution in [0.2, 0.25) is 5.02 Å². The van der Waals surface area contributed by atoms with E-state index in [9.17, 15) is 10.1 Å². The summed E-state index contributed by atoms with van der Waals surface area (Å²) in [5.74, 6) is 0.336. The fourth-order valence-electron chi connectivity index (χ4n) is 3.45. The van der Waals surface area contributed by atoms with E-state index in [2.05, 4.69) is 33.0 Å². The van der Waals surface area contributed by atoms with Crippen LogP contribution in [-0.4, -0.2) is 10.5 Å². The lowest BCUT2D eigenvalue weighted by Crippen LogP contribution is -2.37. The second-order valence-corrected chi connectivity index (χ2v) is 8.29. The molecule has 0 saturated heterocycles. The van der Waals surface area contributed by atoms with Gasteiger partial charge in [-0.15, -0.1) is 0 Å². The van der Waals surface area contributed by atoms with Gasteiger partial charge in [0, 0.05) is 27.7 Å². The number of nitrogens with one attached hydrogen (secondary N) is 1. The fraction of sp³-hybridized carbons (Fsp3) is 0.412. The molecule has 1 unspecified atom stereocenters. The number of nitro groups is 1. The minimum atomic E-state index is -0.361. The summed E-state index contributed by atoms with van der Waals surface area (Å²) in [6, 6.07) is 5.34. The van der Waals surface area contributed by atoms with Gasteiger partial charge in [0.05, 0.1) is 9.95 Å². The van der Waals surface area contributed by atoms with E-state index in [-0.39, 0.29) is 15.5 Å². The van der Waals surface area contributed by atoms with E-state index in [1.54, 1.807) is 6.07 Å². The van der Waals surface area contributed by atoms with Crippen LogP contribution in [0.15, 0.2) is 18.2 Å². The number of hydrogen-bond acceptors (Lipinski definition) is 4. The van der Waals surface area contributed by atoms with Gasteiger partial charge in [-0.2, -0.15) is 0 Å². The Bertz CT molecular complexity index is 798. The minimum Gasteiger partial charge on any atom is -0.380 e. The number of rotatable bonds is 2. The number of anilines is 1. The van der Waals surface area contributed by atoms with Gasteiger partial charge in [0.15, 0.2) is 0 Å². The molecule has 122 valence electrons. The second-order valence-electron chi connectivity index (χ2n) is 6.85. The van der Waals surface area contributed by atoms with E-state index in [0.29, 0.717) is 10.9 Å². The van der Waals surface area contributed by atoms with Crippen molar-refractivity contribution in [3.05, 3.63) is 44.5 Å². The van der Waals surface area contributed by atoms with E-state index in [1.165, 1.54) is 6.07 Å². The average Bonchev–Trinajstić information content (AvgIpc) is 2.90. The predicted octanol–water partition coefficient (Wildman–Crippen LogP) is 5.98. The quantitative estimate of drug-likeness (QED) is 0.535. The third-order valence-electron chi connectivity index (χ3n) is 4.31. The van der Waals surface area contributed by atoms with E-state index in [4.69, 9.17) is 11.6 Å². The van der Waals surface area contributed by atoms with Gasteiger partial charge in [-0.25, -0.2) is 0 Å². The van der Waals surface area contributed by atoms with Crippen LogP contribution >= 0.6 is 22.9 Å². The molecule has 1 aliphatic rings. The normalized spacial score (nSPS) is 19.1. The first-order valence-corrected chi connectivity index (χ1v) is 8.75. The van der Waals surface area contributed by atoms with Gasteiger partial charge in [0.2, 0.25) is 0 Å². The zero-order valence-corrected chi connectivity index (χ0v) is 15.1. The maximum absolute atomic E-state index is 10.9. The van der Waals surface area contributed by atoms with Crippen LogP contribution in [0.1, 0.15) is 44.2 Å². The number of benzene rings is 1. The van der Waals surface area contributed by atoms with Crippen molar-refractivity contribution >= 4 is 33.6 Å². The Morgan fingerprint density at radius 3 is 2.74 bits per heavy atom. The average molecular weight is 351 g/mol. The number of thiophene rings is 1. The highest BCUT2D eigenvalue weighted by molar-refractivity contribution is 7.18. The first kappa shape index (κ1) is 16.3. The highest BCUT2D eigenvalue weighted by Crippen LogP contribution is 2.48. The molecule has 0 saturated carbocycles. The maximum Gasteiger partial charge on any atom is 0.324 e. The highest BCUT2D eigenvalue weighted by atomic mass is 35.5. The molecule has 1 aromatic carbocycles. The summed E-state index contributed by atoms with van der Waals surface area (Å²) in [6.07, 6.45) is 0.993. The molecule has 0 spiro atoms. The number of fused-ring (bicyclic) bond motifs is 1. The predicted molar refractivity (Wildman–Crippen MR) is 96.9 cm³/mol. The monoisotopic (exact) mass is 350 g/mol. The van der Waals surface area contributed by atoms with Crippen LogP contribution in [0.3, 0.4) is 0 Å². The Morgan fingerprint density at radius 1 is 1.43 bits per heavy atom. The zero-order valence-electron chi connectivity index (χ0n) is 13.6. The van der Waals surface area contributed by atoms with Crippen molar-refractivity contribution < 1.29 is 4.92 Å². The van der Waals surface area contributed by atoms with Crippen LogP contribution in [0.5, 0.6) is 0 Å². The molecule has 1 aromatic heterocycles. The fourth-order valence-corrected chi connectivity index (χ4v) is 4.79. The molecule has 1 N–H and O–H groups in total. The lowest BCUT2D eigenvalue weighted by atomic mass is 9.80. The molecule has 4 nitrogen and oxygen atoms in total. The van der Waals surface area contributed by atoms with Crippen molar-refractivity contribution in [1.82, 2.24) is 0 Å². The topological polar surface area (TPSA) is 55.2 Å². The van der Waals surface area contributed by atoms with E-state index in [0.717, 1.165) is 45.0 Å². The third kappa shape index (κ3) is 2.83. The van der Waals surface area contributed by atoms with Crippen LogP contribution < -0.4 is 5.32 Å². The van der Waals surface area contributed by atoms with Gasteiger partial charge in [-0.3, -0.25) is 10.1 Å². The van der Waals surface area contributed by atoms with Gasteiger partial charge in [-0.05, 0) is 56.4 Å². The minimum absolute atomic E-state index is 0.0315. The largest absolute Gasteiger partial charge is 0.380 e. The van der Waals surface area contributed by atoms with Crippen molar-refractivity contribution in [3.63, 3.8) is 0 Å². The van der Waals surface area contributed by atoms with Crippen molar-refractivity contribution in [2.45, 2.75) is 45.6 Å². The Morgan fingerprint density at radius 2 is 2.13 bits per heavy atom. The van der Waals surface area contributed by atoms with Crippen LogP contribution in [0.25, 0.3) is 10.4 Å². The summed E-state index contributed by atoms with van der Waals surface area (Å²) in [5, 5.41) is 15.4. The highest BCUT2D eigenvalue weighted by Gasteiger charge is 2.33. The summed E-state index contributed by atoms with van der Waals surface area (Å²) in [6.45, 7) is 8.63. The Balaban J connectivity index is 2.16. The second kappa shape index (κ2) is 5.49. The molecule has 1 aliphatic heterocycles. The molecule has 0 radical (unpaired) electrons. The molecular formula is C17H19ClN2O2S. The first-order chi connectivity index (χ1) is 10.7. The smallest absolute Gasteiger partial charge is 0.324 e. The Kier molecular flexibility index (Phi) is 3.89. The lowest BCUT2D eigenvalue weighted by molar-refractivity contribution is -0.380. The lowest BCUT2D eigenvalue weighted by Gasteiger charge is -2.39. The van der Waals surface area contributed by atoms with Crippen molar-refractivity contribution in [1.29, 1.82) is 0 Å². The van der Waals surface area contributed by atoms with Crippen LogP contribution in [0.4, 0.5) is 10.7 Å². The molecule has 2 heterocycles. The zero-order chi connectivity index (χ0) is 16.9. The number of nitrogens with zero attached hydrogens (tertiary/aromatic N) is 1. The van der Waals surface area contributed by atoms with E-state index < -0.39 is 0 Å². The summed E-state index contributed by atoms with van der Waals surface area (Å²) >= 11 is 7.87. The van der Waals surface area contributed by atoms with Crippen molar-refractivity contribution in [2.75, 3.05) is 5.32 Å². The standard InChI is InChI=1S/C17H19ClN2O2S/c1-9-7-11(12-5-6-13(23-12)20(21)22)15(18)14-10(2)8-17(3,4)19-16(9)14/h5-7,10,19H,8H2,1-4H3. The summed E-state index contributed by atoms with van der Waals surface area (Å²) in [4.78, 5) is 11.4. The van der Waals surface area contributed by atoms with E-state index in [1.807, 2.05) is 6.07 Å². The van der Waals surface area contributed by atoms with Crippen molar-refractivity contribution in [2.24, 2.45) is 0 Å². The number of halogens is 1. The molecule has 0 amide bonds. The van der Waals surface area contributed by atoms with E-state index >= 15 is 0 Å². The molecule has 0 bridgehead atoms. The Labute approximate surface area is 144 Å².